The van der Waals surface area contributed by atoms with Gasteiger partial charge < -0.3 is 10.2 Å². The number of nitrogens with two attached hydrogens (primary N) is 1. The summed E-state index contributed by atoms with van der Waals surface area (Å²) in [6, 6.07) is 5.03. The summed E-state index contributed by atoms with van der Waals surface area (Å²) in [5.74, 6) is 5.36. The number of hydrazine groups is 1. The van der Waals surface area contributed by atoms with Crippen LogP contribution in [-0.4, -0.2) is 35.6 Å². The van der Waals surface area contributed by atoms with Gasteiger partial charge in [0.15, 0.2) is 0 Å². The Labute approximate surface area is 124 Å². The van der Waals surface area contributed by atoms with Crippen molar-refractivity contribution in [3.05, 3.63) is 33.9 Å². The predicted octanol–water partition coefficient (Wildman–Crippen LogP) is 1.88. The minimum Gasteiger partial charge on any atom is -0.378 e. The van der Waals surface area contributed by atoms with Crippen molar-refractivity contribution in [3.8, 4) is 0 Å². The molecule has 0 amide bonds. The molecule has 0 spiro atoms. The number of benzene rings is 1. The summed E-state index contributed by atoms with van der Waals surface area (Å²) in [6.07, 6.45) is 2.43. The molecule has 0 atom stereocenters. The Balaban J connectivity index is 1.96. The highest BCUT2D eigenvalue weighted by Gasteiger charge is 2.20. The number of hydrogen-bond donors (Lipinski definition) is 2. The Bertz CT molecular complexity index is 487. The van der Waals surface area contributed by atoms with Crippen LogP contribution in [0, 0.1) is 10.1 Å². The van der Waals surface area contributed by atoms with Crippen LogP contribution in [0.1, 0.15) is 25.3 Å². The largest absolute Gasteiger partial charge is 0.378 e. The lowest BCUT2D eigenvalue weighted by molar-refractivity contribution is -0.384. The topological polar surface area (TPSA) is 93.7 Å². The van der Waals surface area contributed by atoms with E-state index in [9.17, 15) is 10.1 Å². The number of likely N-dealkylation sites (tertiary alicyclic amines) is 1. The summed E-state index contributed by atoms with van der Waals surface area (Å²) in [4.78, 5) is 12.8. The van der Waals surface area contributed by atoms with Crippen LogP contribution in [0.25, 0.3) is 0 Å². The summed E-state index contributed by atoms with van der Waals surface area (Å²) in [5, 5.41) is 10.9. The van der Waals surface area contributed by atoms with Gasteiger partial charge in [-0.25, -0.2) is 0 Å². The zero-order valence-corrected chi connectivity index (χ0v) is 12.2. The van der Waals surface area contributed by atoms with Gasteiger partial charge in [0.25, 0.3) is 5.69 Å². The van der Waals surface area contributed by atoms with Crippen molar-refractivity contribution < 1.29 is 9.66 Å². The molecule has 7 heteroatoms. The molecule has 0 saturated carbocycles. The SMILES string of the molecule is CCOC1CCN(Cc2ccc([N+](=O)[O-])c(NN)c2)CC1. The average molecular weight is 294 g/mol. The fourth-order valence-corrected chi connectivity index (χ4v) is 2.68. The van der Waals surface area contributed by atoms with Crippen LogP contribution in [0.15, 0.2) is 18.2 Å². The van der Waals surface area contributed by atoms with E-state index in [-0.39, 0.29) is 5.69 Å². The molecule has 0 aliphatic carbocycles. The Morgan fingerprint density at radius 2 is 2.19 bits per heavy atom. The number of nitro benzene ring substituents is 1. The molecule has 7 nitrogen and oxygen atoms in total. The second-order valence-corrected chi connectivity index (χ2v) is 5.18. The number of nitro groups is 1. The highest BCUT2D eigenvalue weighted by atomic mass is 16.6. The summed E-state index contributed by atoms with van der Waals surface area (Å²) in [6.45, 7) is 5.51. The molecule has 3 N–H and O–H groups in total. The number of piperidine rings is 1. The van der Waals surface area contributed by atoms with Crippen molar-refractivity contribution >= 4 is 11.4 Å². The maximum atomic E-state index is 10.9. The average Bonchev–Trinajstić information content (AvgIpc) is 2.49. The van der Waals surface area contributed by atoms with Gasteiger partial charge in [-0.15, -0.1) is 0 Å². The van der Waals surface area contributed by atoms with Gasteiger partial charge in [-0.2, -0.15) is 0 Å². The minimum absolute atomic E-state index is 0.00342. The highest BCUT2D eigenvalue weighted by Crippen LogP contribution is 2.25. The van der Waals surface area contributed by atoms with E-state index in [1.165, 1.54) is 6.07 Å². The molecule has 1 heterocycles. The lowest BCUT2D eigenvalue weighted by Gasteiger charge is -2.31. The maximum absolute atomic E-state index is 10.9. The lowest BCUT2D eigenvalue weighted by atomic mass is 10.1. The van der Waals surface area contributed by atoms with E-state index in [0.717, 1.165) is 44.6 Å². The number of hydrogen-bond acceptors (Lipinski definition) is 6. The number of anilines is 1. The Hall–Kier alpha value is -1.70. The van der Waals surface area contributed by atoms with Gasteiger partial charge in [0.05, 0.1) is 11.0 Å². The van der Waals surface area contributed by atoms with Crippen LogP contribution in [0.4, 0.5) is 11.4 Å². The standard InChI is InChI=1S/C14H22N4O3/c1-2-21-12-5-7-17(8-6-12)10-11-3-4-14(18(19)20)13(9-11)16-15/h3-4,9,12,16H,2,5-8,10,15H2,1H3. The first kappa shape index (κ1) is 15.7. The Morgan fingerprint density at radius 3 is 2.76 bits per heavy atom. The maximum Gasteiger partial charge on any atom is 0.293 e. The zero-order chi connectivity index (χ0) is 15.2. The number of ether oxygens (including phenoxy) is 1. The number of nitrogen functional groups attached to an aromatic ring is 1. The van der Waals surface area contributed by atoms with E-state index in [1.807, 2.05) is 6.92 Å². The molecule has 0 radical (unpaired) electrons. The van der Waals surface area contributed by atoms with E-state index in [1.54, 1.807) is 12.1 Å². The van der Waals surface area contributed by atoms with Crippen molar-refractivity contribution in [1.82, 2.24) is 4.90 Å². The molecule has 1 fully saturated rings. The lowest BCUT2D eigenvalue weighted by Crippen LogP contribution is -2.36. The molecule has 1 aliphatic heterocycles. The third-order valence-corrected chi connectivity index (χ3v) is 3.76. The van der Waals surface area contributed by atoms with E-state index < -0.39 is 4.92 Å². The first-order valence-corrected chi connectivity index (χ1v) is 7.22. The Morgan fingerprint density at radius 1 is 1.48 bits per heavy atom. The third kappa shape index (κ3) is 4.13. The molecule has 116 valence electrons. The molecule has 21 heavy (non-hydrogen) atoms. The van der Waals surface area contributed by atoms with Gasteiger partial charge in [-0.1, -0.05) is 6.07 Å². The van der Waals surface area contributed by atoms with E-state index >= 15 is 0 Å². The first-order chi connectivity index (χ1) is 10.1. The van der Waals surface area contributed by atoms with Crippen LogP contribution in [-0.2, 0) is 11.3 Å². The molecule has 1 aliphatic rings. The molecule has 1 saturated heterocycles. The fraction of sp³-hybridized carbons (Fsp3) is 0.571. The molecule has 2 rings (SSSR count). The molecule has 0 unspecified atom stereocenters. The van der Waals surface area contributed by atoms with E-state index in [2.05, 4.69) is 10.3 Å². The summed E-state index contributed by atoms with van der Waals surface area (Å²) < 4.78 is 5.63. The van der Waals surface area contributed by atoms with Gasteiger partial charge in [0, 0.05) is 32.3 Å². The van der Waals surface area contributed by atoms with Crippen molar-refractivity contribution in [2.24, 2.45) is 5.84 Å². The van der Waals surface area contributed by atoms with E-state index in [0.29, 0.717) is 11.8 Å². The molecule has 1 aromatic carbocycles. The molecular formula is C14H22N4O3. The normalized spacial score (nSPS) is 16.9. The highest BCUT2D eigenvalue weighted by molar-refractivity contribution is 5.62. The van der Waals surface area contributed by atoms with Crippen molar-refractivity contribution in [2.45, 2.75) is 32.4 Å². The van der Waals surface area contributed by atoms with Gasteiger partial charge in [0.1, 0.15) is 5.69 Å². The quantitative estimate of drug-likeness (QED) is 0.472. The Kier molecular flexibility index (Phi) is 5.49. The first-order valence-electron chi connectivity index (χ1n) is 7.22. The third-order valence-electron chi connectivity index (χ3n) is 3.76. The van der Waals surface area contributed by atoms with Gasteiger partial charge in [0.2, 0.25) is 0 Å². The summed E-state index contributed by atoms with van der Waals surface area (Å²) >= 11 is 0. The number of rotatable bonds is 6. The van der Waals surface area contributed by atoms with Crippen LogP contribution in [0.3, 0.4) is 0 Å². The van der Waals surface area contributed by atoms with Crippen molar-refractivity contribution in [2.75, 3.05) is 25.1 Å². The van der Waals surface area contributed by atoms with Crippen LogP contribution in [0.2, 0.25) is 0 Å². The molecule has 0 aromatic heterocycles. The number of nitrogens with one attached hydrogen (secondary N) is 1. The zero-order valence-electron chi connectivity index (χ0n) is 12.2. The minimum atomic E-state index is -0.438. The van der Waals surface area contributed by atoms with Crippen LogP contribution < -0.4 is 11.3 Å². The molecule has 1 aromatic rings. The summed E-state index contributed by atoms with van der Waals surface area (Å²) in [5.41, 5.74) is 3.76. The van der Waals surface area contributed by atoms with Gasteiger partial charge in [-0.05, 0) is 31.4 Å². The van der Waals surface area contributed by atoms with Crippen LogP contribution in [0.5, 0.6) is 0 Å². The second-order valence-electron chi connectivity index (χ2n) is 5.18. The molecular weight excluding hydrogens is 272 g/mol. The van der Waals surface area contributed by atoms with Crippen molar-refractivity contribution in [1.29, 1.82) is 0 Å². The van der Waals surface area contributed by atoms with Gasteiger partial charge in [-0.3, -0.25) is 20.9 Å². The summed E-state index contributed by atoms with van der Waals surface area (Å²) in [7, 11) is 0. The van der Waals surface area contributed by atoms with Gasteiger partial charge >= 0.3 is 0 Å². The fourth-order valence-electron chi connectivity index (χ4n) is 2.68. The van der Waals surface area contributed by atoms with Crippen molar-refractivity contribution in [3.63, 3.8) is 0 Å². The molecule has 0 bridgehead atoms. The monoisotopic (exact) mass is 294 g/mol. The second kappa shape index (κ2) is 7.35. The smallest absolute Gasteiger partial charge is 0.293 e. The number of nitrogens with zero attached hydrogens (tertiary/aromatic N) is 2. The van der Waals surface area contributed by atoms with Crippen LogP contribution >= 0.6 is 0 Å². The van der Waals surface area contributed by atoms with E-state index in [4.69, 9.17) is 10.6 Å². The predicted molar refractivity (Wildman–Crippen MR) is 80.8 cm³/mol.